The molecule has 178 valence electrons. The molecule has 1 unspecified atom stereocenters. The van der Waals surface area contributed by atoms with Crippen LogP contribution in [0.1, 0.15) is 29.5 Å². The van der Waals surface area contributed by atoms with Gasteiger partial charge in [0.1, 0.15) is 5.75 Å². The van der Waals surface area contributed by atoms with Gasteiger partial charge in [0.25, 0.3) is 6.29 Å². The SMILES string of the molecule is FC(F)(F)c1ccc(OC2C=CC=CO2)cc1.c1ccc2c(c1)ccc1c3c(ccc12)CCCC3. The van der Waals surface area contributed by atoms with E-state index in [4.69, 9.17) is 9.47 Å². The van der Waals surface area contributed by atoms with E-state index in [2.05, 4.69) is 48.5 Å². The molecule has 1 aliphatic carbocycles. The number of halogens is 3. The van der Waals surface area contributed by atoms with E-state index in [1.54, 1.807) is 29.4 Å². The van der Waals surface area contributed by atoms with Crippen LogP contribution in [0.25, 0.3) is 21.5 Å². The van der Waals surface area contributed by atoms with E-state index >= 15 is 0 Å². The summed E-state index contributed by atoms with van der Waals surface area (Å²) in [6.45, 7) is 0. The summed E-state index contributed by atoms with van der Waals surface area (Å²) in [6.07, 6.45) is 6.81. The molecule has 0 saturated carbocycles. The van der Waals surface area contributed by atoms with Crippen molar-refractivity contribution in [3.63, 3.8) is 0 Å². The second-order valence-electron chi connectivity index (χ2n) is 8.65. The zero-order valence-electron chi connectivity index (χ0n) is 19.1. The smallest absolute Gasteiger partial charge is 0.416 e. The Morgan fingerprint density at radius 1 is 0.743 bits per heavy atom. The van der Waals surface area contributed by atoms with Crippen LogP contribution in [0.15, 0.2) is 97.3 Å². The Bertz CT molecular complexity index is 1380. The Morgan fingerprint density at radius 2 is 1.51 bits per heavy atom. The van der Waals surface area contributed by atoms with Crippen LogP contribution in [0.2, 0.25) is 0 Å². The number of aryl methyl sites for hydroxylation is 2. The lowest BCUT2D eigenvalue weighted by Crippen LogP contribution is -2.16. The first kappa shape index (κ1) is 23.0. The van der Waals surface area contributed by atoms with Gasteiger partial charge in [0.2, 0.25) is 0 Å². The number of ether oxygens (including phenoxy) is 2. The van der Waals surface area contributed by atoms with E-state index in [1.807, 2.05) is 0 Å². The molecule has 4 aromatic carbocycles. The van der Waals surface area contributed by atoms with Gasteiger partial charge in [0, 0.05) is 0 Å². The van der Waals surface area contributed by atoms with Gasteiger partial charge >= 0.3 is 6.18 Å². The number of rotatable bonds is 2. The van der Waals surface area contributed by atoms with Crippen molar-refractivity contribution in [2.75, 3.05) is 0 Å². The largest absolute Gasteiger partial charge is 0.459 e. The van der Waals surface area contributed by atoms with E-state index in [-0.39, 0.29) is 0 Å². The number of allylic oxidation sites excluding steroid dienone is 2. The highest BCUT2D eigenvalue weighted by Crippen LogP contribution is 2.33. The van der Waals surface area contributed by atoms with Crippen LogP contribution in [0.3, 0.4) is 0 Å². The highest BCUT2D eigenvalue weighted by Gasteiger charge is 2.30. The van der Waals surface area contributed by atoms with Crippen molar-refractivity contribution < 1.29 is 22.6 Å². The quantitative estimate of drug-likeness (QED) is 0.272. The van der Waals surface area contributed by atoms with Crippen LogP contribution in [-0.4, -0.2) is 6.29 Å². The van der Waals surface area contributed by atoms with Crippen molar-refractivity contribution in [3.8, 4) is 5.75 Å². The van der Waals surface area contributed by atoms with E-state index in [9.17, 15) is 13.2 Å². The zero-order valence-corrected chi connectivity index (χ0v) is 19.1. The predicted octanol–water partition coefficient (Wildman–Crippen LogP) is 8.38. The average molecular weight is 475 g/mol. The second-order valence-corrected chi connectivity index (χ2v) is 8.65. The van der Waals surface area contributed by atoms with E-state index in [1.165, 1.54) is 65.6 Å². The summed E-state index contributed by atoms with van der Waals surface area (Å²) in [7, 11) is 0. The molecule has 0 bridgehead atoms. The minimum absolute atomic E-state index is 0.322. The maximum absolute atomic E-state index is 12.3. The minimum Gasteiger partial charge on any atom is -0.459 e. The highest BCUT2D eigenvalue weighted by molar-refractivity contribution is 6.08. The molecule has 1 aliphatic heterocycles. The first-order valence-corrected chi connectivity index (χ1v) is 11.7. The van der Waals surface area contributed by atoms with Crippen LogP contribution >= 0.6 is 0 Å². The zero-order chi connectivity index (χ0) is 24.3. The molecule has 0 saturated heterocycles. The lowest BCUT2D eigenvalue weighted by molar-refractivity contribution is -0.137. The predicted molar refractivity (Wildman–Crippen MR) is 133 cm³/mol. The number of benzene rings is 4. The summed E-state index contributed by atoms with van der Waals surface area (Å²) in [5.74, 6) is 0.322. The molecule has 2 aliphatic rings. The van der Waals surface area contributed by atoms with Crippen LogP contribution in [-0.2, 0) is 23.8 Å². The van der Waals surface area contributed by atoms with E-state index < -0.39 is 18.0 Å². The first-order chi connectivity index (χ1) is 17.0. The molecule has 1 heterocycles. The van der Waals surface area contributed by atoms with Gasteiger partial charge in [0.15, 0.2) is 0 Å². The molecule has 6 rings (SSSR count). The lowest BCUT2D eigenvalue weighted by Gasteiger charge is -2.18. The van der Waals surface area contributed by atoms with Crippen LogP contribution < -0.4 is 4.74 Å². The molecule has 0 radical (unpaired) electrons. The molecule has 1 atom stereocenters. The molecular formula is C30H25F3O2. The average Bonchev–Trinajstić information content (AvgIpc) is 2.89. The van der Waals surface area contributed by atoms with Gasteiger partial charge in [-0.05, 0) is 94.8 Å². The van der Waals surface area contributed by atoms with Crippen molar-refractivity contribution in [2.45, 2.75) is 38.1 Å². The number of fused-ring (bicyclic) bond motifs is 5. The van der Waals surface area contributed by atoms with Crippen molar-refractivity contribution in [1.82, 2.24) is 0 Å². The van der Waals surface area contributed by atoms with Crippen molar-refractivity contribution in [2.24, 2.45) is 0 Å². The summed E-state index contributed by atoms with van der Waals surface area (Å²) < 4.78 is 47.2. The van der Waals surface area contributed by atoms with Crippen LogP contribution in [0.5, 0.6) is 5.75 Å². The fraction of sp³-hybridized carbons (Fsp3) is 0.200. The Morgan fingerprint density at radius 3 is 2.29 bits per heavy atom. The monoisotopic (exact) mass is 474 g/mol. The minimum atomic E-state index is -4.33. The molecule has 4 aromatic rings. The summed E-state index contributed by atoms with van der Waals surface area (Å²) in [5, 5.41) is 5.64. The van der Waals surface area contributed by atoms with Gasteiger partial charge in [-0.25, -0.2) is 0 Å². The molecule has 0 spiro atoms. The molecule has 0 aromatic heterocycles. The maximum atomic E-state index is 12.3. The highest BCUT2D eigenvalue weighted by atomic mass is 19.4. The Hall–Kier alpha value is -3.73. The third-order valence-corrected chi connectivity index (χ3v) is 6.36. The molecule has 0 N–H and O–H groups in total. The summed E-state index contributed by atoms with van der Waals surface area (Å²) in [5.41, 5.74) is 2.47. The third-order valence-electron chi connectivity index (χ3n) is 6.36. The topological polar surface area (TPSA) is 18.5 Å². The summed E-state index contributed by atoms with van der Waals surface area (Å²) in [6, 6.07) is 22.4. The molecule has 2 nitrogen and oxygen atoms in total. The first-order valence-electron chi connectivity index (χ1n) is 11.7. The second kappa shape index (κ2) is 9.87. The Labute approximate surface area is 202 Å². The fourth-order valence-electron chi connectivity index (χ4n) is 4.63. The van der Waals surface area contributed by atoms with Crippen molar-refractivity contribution in [1.29, 1.82) is 0 Å². The van der Waals surface area contributed by atoms with Crippen LogP contribution in [0.4, 0.5) is 13.2 Å². The number of alkyl halides is 3. The molecule has 0 amide bonds. The third kappa shape index (κ3) is 5.19. The normalized spacial score (nSPS) is 16.8. The van der Waals surface area contributed by atoms with Crippen molar-refractivity contribution >= 4 is 21.5 Å². The number of hydrogen-bond acceptors (Lipinski definition) is 2. The molecule has 0 fully saturated rings. The van der Waals surface area contributed by atoms with Crippen LogP contribution in [0, 0.1) is 0 Å². The standard InChI is InChI=1S/C18H16.C12H9F3O2/c1-3-7-15-13(5-1)9-11-18-16-8-4-2-6-14(16)10-12-17(15)18;13-12(14,15)9-4-6-10(7-5-9)17-11-3-1-2-8-16-11/h1,3,5,7,9-12H,2,4,6,8H2;1-8,11H. The van der Waals surface area contributed by atoms with E-state index in [0.717, 1.165) is 12.1 Å². The Balaban J connectivity index is 0.000000145. The van der Waals surface area contributed by atoms with Gasteiger partial charge in [0.05, 0.1) is 11.8 Å². The summed E-state index contributed by atoms with van der Waals surface area (Å²) >= 11 is 0. The van der Waals surface area contributed by atoms with Gasteiger partial charge in [-0.1, -0.05) is 54.6 Å². The molecular weight excluding hydrogens is 449 g/mol. The van der Waals surface area contributed by atoms with E-state index in [0.29, 0.717) is 5.75 Å². The van der Waals surface area contributed by atoms with Gasteiger partial charge < -0.3 is 9.47 Å². The van der Waals surface area contributed by atoms with Gasteiger partial charge in [-0.15, -0.1) is 0 Å². The number of hydrogen-bond donors (Lipinski definition) is 0. The fourth-order valence-corrected chi connectivity index (χ4v) is 4.63. The summed E-state index contributed by atoms with van der Waals surface area (Å²) in [4.78, 5) is 0. The Kier molecular flexibility index (Phi) is 6.49. The lowest BCUT2D eigenvalue weighted by atomic mass is 9.86. The maximum Gasteiger partial charge on any atom is 0.416 e. The van der Waals surface area contributed by atoms with Gasteiger partial charge in [-0.3, -0.25) is 0 Å². The molecule has 35 heavy (non-hydrogen) atoms. The van der Waals surface area contributed by atoms with Gasteiger partial charge in [-0.2, -0.15) is 13.2 Å². The van der Waals surface area contributed by atoms with Crippen molar-refractivity contribution in [3.05, 3.63) is 114 Å². The molecule has 5 heteroatoms.